The Morgan fingerprint density at radius 1 is 1.60 bits per heavy atom. The van der Waals surface area contributed by atoms with Gasteiger partial charge in [0.1, 0.15) is 5.82 Å². The zero-order valence-electron chi connectivity index (χ0n) is 9.71. The number of hydrogen-bond acceptors (Lipinski definition) is 2. The first-order valence-corrected chi connectivity index (χ1v) is 6.06. The lowest BCUT2D eigenvalue weighted by Gasteiger charge is -2.04. The summed E-state index contributed by atoms with van der Waals surface area (Å²) in [5.74, 6) is 1.72. The molecule has 3 nitrogen and oxygen atoms in total. The lowest BCUT2D eigenvalue weighted by atomic mass is 10.1. The minimum absolute atomic E-state index is 0.600. The molecule has 1 aliphatic carbocycles. The van der Waals surface area contributed by atoms with Crippen LogP contribution in [0.15, 0.2) is 6.20 Å². The minimum Gasteiger partial charge on any atom is -0.346 e. The molecule has 0 saturated heterocycles. The highest BCUT2D eigenvalue weighted by atomic mass is 15.0. The van der Waals surface area contributed by atoms with Crippen LogP contribution in [-0.4, -0.2) is 22.6 Å². The second-order valence-corrected chi connectivity index (χ2v) is 4.57. The van der Waals surface area contributed by atoms with Crippen LogP contribution in [0.5, 0.6) is 0 Å². The molecule has 0 aliphatic heterocycles. The molecule has 15 heavy (non-hydrogen) atoms. The van der Waals surface area contributed by atoms with Crippen LogP contribution in [0, 0.1) is 0 Å². The maximum Gasteiger partial charge on any atom is 0.107 e. The number of nitrogens with one attached hydrogen (secondary N) is 2. The minimum atomic E-state index is 0.600. The van der Waals surface area contributed by atoms with E-state index in [-0.39, 0.29) is 0 Å². The summed E-state index contributed by atoms with van der Waals surface area (Å²) < 4.78 is 0. The molecule has 1 fully saturated rings. The summed E-state index contributed by atoms with van der Waals surface area (Å²) in [5, 5.41) is 3.50. The fraction of sp³-hybridized carbons (Fsp3) is 0.750. The zero-order chi connectivity index (χ0) is 10.7. The molecule has 2 N–H and O–H groups in total. The first-order valence-electron chi connectivity index (χ1n) is 6.06. The molecular weight excluding hydrogens is 186 g/mol. The molecule has 2 rings (SSSR count). The molecule has 1 heterocycles. The number of H-pyrrole nitrogens is 1. The third-order valence-electron chi connectivity index (χ3n) is 3.16. The predicted octanol–water partition coefficient (Wildman–Crippen LogP) is 2.22. The summed E-state index contributed by atoms with van der Waals surface area (Å²) >= 11 is 0. The fourth-order valence-electron chi connectivity index (χ4n) is 1.66. The van der Waals surface area contributed by atoms with Crippen molar-refractivity contribution in [3.8, 4) is 0 Å². The van der Waals surface area contributed by atoms with Crippen LogP contribution in [0.1, 0.15) is 50.5 Å². The first kappa shape index (κ1) is 10.7. The normalized spacial score (nSPS) is 18.0. The van der Waals surface area contributed by atoms with Gasteiger partial charge in [-0.25, -0.2) is 4.98 Å². The molecule has 3 heteroatoms. The highest BCUT2D eigenvalue weighted by Gasteiger charge is 2.19. The Morgan fingerprint density at radius 2 is 2.40 bits per heavy atom. The van der Waals surface area contributed by atoms with Crippen LogP contribution in [-0.2, 0) is 6.42 Å². The number of hydrogen-bond donors (Lipinski definition) is 2. The molecule has 1 atom stereocenters. The molecule has 1 aromatic heterocycles. The number of aromatic amines is 1. The van der Waals surface area contributed by atoms with E-state index in [2.05, 4.69) is 29.1 Å². The lowest BCUT2D eigenvalue weighted by Crippen LogP contribution is -2.19. The van der Waals surface area contributed by atoms with E-state index >= 15 is 0 Å². The molecule has 0 aromatic carbocycles. The third kappa shape index (κ3) is 3.06. The topological polar surface area (TPSA) is 40.7 Å². The fourth-order valence-corrected chi connectivity index (χ4v) is 1.66. The summed E-state index contributed by atoms with van der Waals surface area (Å²) in [4.78, 5) is 7.81. The van der Waals surface area contributed by atoms with Gasteiger partial charge in [-0.05, 0) is 25.2 Å². The maximum atomic E-state index is 4.41. The van der Waals surface area contributed by atoms with Gasteiger partial charge < -0.3 is 10.3 Å². The van der Waals surface area contributed by atoms with Crippen LogP contribution < -0.4 is 5.32 Å². The SMILES string of the molecule is CCC(C)c1cnc(CCNC2CC2)[nH]1. The number of imidazole rings is 1. The van der Waals surface area contributed by atoms with Gasteiger partial charge in [-0.3, -0.25) is 0 Å². The standard InChI is InChI=1S/C12H21N3/c1-3-9(2)11-8-14-12(15-11)6-7-13-10-4-5-10/h8-10,13H,3-7H2,1-2H3,(H,14,15). The largest absolute Gasteiger partial charge is 0.346 e. The van der Waals surface area contributed by atoms with Crippen molar-refractivity contribution in [2.75, 3.05) is 6.54 Å². The molecule has 1 aromatic rings. The number of rotatable bonds is 6. The van der Waals surface area contributed by atoms with Gasteiger partial charge >= 0.3 is 0 Å². The second-order valence-electron chi connectivity index (χ2n) is 4.57. The molecule has 84 valence electrons. The van der Waals surface area contributed by atoms with Crippen LogP contribution in [0.25, 0.3) is 0 Å². The first-order chi connectivity index (χ1) is 7.29. The van der Waals surface area contributed by atoms with Gasteiger partial charge in [0.25, 0.3) is 0 Å². The van der Waals surface area contributed by atoms with Crippen molar-refractivity contribution in [3.63, 3.8) is 0 Å². The van der Waals surface area contributed by atoms with Crippen molar-refractivity contribution in [1.29, 1.82) is 0 Å². The summed E-state index contributed by atoms with van der Waals surface area (Å²) in [6.07, 6.45) is 6.89. The molecule has 0 bridgehead atoms. The highest BCUT2D eigenvalue weighted by molar-refractivity contribution is 5.06. The summed E-state index contributed by atoms with van der Waals surface area (Å²) in [7, 11) is 0. The predicted molar refractivity (Wildman–Crippen MR) is 62.0 cm³/mol. The molecule has 0 spiro atoms. The van der Waals surface area contributed by atoms with Crippen molar-refractivity contribution in [2.45, 2.75) is 51.5 Å². The Kier molecular flexibility index (Phi) is 3.41. The number of aromatic nitrogens is 2. The van der Waals surface area contributed by atoms with Gasteiger partial charge in [0.05, 0.1) is 0 Å². The molecule has 1 saturated carbocycles. The van der Waals surface area contributed by atoms with E-state index in [1.807, 2.05) is 6.20 Å². The van der Waals surface area contributed by atoms with Crippen LogP contribution in [0.2, 0.25) is 0 Å². The van der Waals surface area contributed by atoms with E-state index in [0.717, 1.165) is 24.8 Å². The van der Waals surface area contributed by atoms with E-state index in [9.17, 15) is 0 Å². The molecule has 1 aliphatic rings. The van der Waals surface area contributed by atoms with E-state index in [1.165, 1.54) is 25.0 Å². The highest BCUT2D eigenvalue weighted by Crippen LogP contribution is 2.18. The second kappa shape index (κ2) is 4.79. The monoisotopic (exact) mass is 207 g/mol. The van der Waals surface area contributed by atoms with Gasteiger partial charge in [0, 0.05) is 30.9 Å². The van der Waals surface area contributed by atoms with E-state index < -0.39 is 0 Å². The van der Waals surface area contributed by atoms with Crippen molar-refractivity contribution in [3.05, 3.63) is 17.7 Å². The Hall–Kier alpha value is -0.830. The molecule has 1 unspecified atom stereocenters. The molecular formula is C12H21N3. The van der Waals surface area contributed by atoms with Crippen molar-refractivity contribution in [1.82, 2.24) is 15.3 Å². The summed E-state index contributed by atoms with van der Waals surface area (Å²) in [5.41, 5.74) is 1.28. The Balaban J connectivity index is 1.77. The average Bonchev–Trinajstić information content (AvgIpc) is 2.94. The lowest BCUT2D eigenvalue weighted by molar-refractivity contribution is 0.664. The van der Waals surface area contributed by atoms with Gasteiger partial charge in [0.2, 0.25) is 0 Å². The van der Waals surface area contributed by atoms with Crippen molar-refractivity contribution >= 4 is 0 Å². The summed E-state index contributed by atoms with van der Waals surface area (Å²) in [6.45, 7) is 5.50. The molecule has 0 radical (unpaired) electrons. The van der Waals surface area contributed by atoms with Crippen molar-refractivity contribution < 1.29 is 0 Å². The summed E-state index contributed by atoms with van der Waals surface area (Å²) in [6, 6.07) is 0.800. The van der Waals surface area contributed by atoms with Gasteiger partial charge in [-0.1, -0.05) is 13.8 Å². The average molecular weight is 207 g/mol. The van der Waals surface area contributed by atoms with Crippen molar-refractivity contribution in [2.24, 2.45) is 0 Å². The van der Waals surface area contributed by atoms with Gasteiger partial charge in [-0.15, -0.1) is 0 Å². The van der Waals surface area contributed by atoms with Crippen LogP contribution in [0.4, 0.5) is 0 Å². The smallest absolute Gasteiger partial charge is 0.107 e. The number of nitrogens with zero attached hydrogens (tertiary/aromatic N) is 1. The maximum absolute atomic E-state index is 4.41. The Bertz CT molecular complexity index is 302. The van der Waals surface area contributed by atoms with Crippen LogP contribution in [0.3, 0.4) is 0 Å². The van der Waals surface area contributed by atoms with Crippen LogP contribution >= 0.6 is 0 Å². The van der Waals surface area contributed by atoms with E-state index in [4.69, 9.17) is 0 Å². The Morgan fingerprint density at radius 3 is 3.07 bits per heavy atom. The zero-order valence-corrected chi connectivity index (χ0v) is 9.71. The quantitative estimate of drug-likeness (QED) is 0.751. The molecule has 0 amide bonds. The Labute approximate surface area is 91.7 Å². The van der Waals surface area contributed by atoms with Gasteiger partial charge in [0.15, 0.2) is 0 Å². The van der Waals surface area contributed by atoms with E-state index in [1.54, 1.807) is 0 Å². The van der Waals surface area contributed by atoms with E-state index in [0.29, 0.717) is 5.92 Å². The third-order valence-corrected chi connectivity index (χ3v) is 3.16. The van der Waals surface area contributed by atoms with Gasteiger partial charge in [-0.2, -0.15) is 0 Å².